The fraction of sp³-hybridized carbons (Fsp3) is 0. The van der Waals surface area contributed by atoms with Crippen LogP contribution in [0.25, 0.3) is 10.9 Å². The predicted octanol–water partition coefficient (Wildman–Crippen LogP) is 2.13. The third kappa shape index (κ3) is 2.09. The molecule has 0 radical (unpaired) electrons. The topological polar surface area (TPSA) is 80.7 Å². The molecule has 3 aromatic rings. The molecule has 0 saturated heterocycles. The van der Waals surface area contributed by atoms with Crippen molar-refractivity contribution in [3.63, 3.8) is 0 Å². The average Bonchev–Trinajstić information content (AvgIpc) is 2.88. The zero-order valence-electron chi connectivity index (χ0n) is 10.1. The van der Waals surface area contributed by atoms with Gasteiger partial charge in [0.15, 0.2) is 0 Å². The van der Waals surface area contributed by atoms with Gasteiger partial charge < -0.3 is 11.5 Å². The van der Waals surface area contributed by atoms with Crippen LogP contribution in [-0.4, -0.2) is 10.2 Å². The Morgan fingerprint density at radius 2 is 1.95 bits per heavy atom. The van der Waals surface area contributed by atoms with Crippen LogP contribution < -0.4 is 11.5 Å². The Kier molecular flexibility index (Phi) is 2.58. The zero-order valence-corrected chi connectivity index (χ0v) is 10.1. The molecule has 0 amide bonds. The Morgan fingerprint density at radius 1 is 1.05 bits per heavy atom. The maximum atomic E-state index is 5.88. The number of aromatic amines is 1. The smallest absolute Gasteiger partial charge is 0.0706 e. The van der Waals surface area contributed by atoms with Crippen LogP contribution in [0.1, 0.15) is 11.1 Å². The molecule has 0 fully saturated rings. The second-order valence-electron chi connectivity index (χ2n) is 4.23. The summed E-state index contributed by atoms with van der Waals surface area (Å²) in [6, 6.07) is 11.3. The minimum absolute atomic E-state index is 0.526. The Morgan fingerprint density at radius 3 is 2.84 bits per heavy atom. The molecule has 1 aromatic heterocycles. The highest BCUT2D eigenvalue weighted by Gasteiger charge is 1.99. The van der Waals surface area contributed by atoms with Crippen LogP contribution in [-0.2, 0) is 0 Å². The number of nitrogens with one attached hydrogen (secondary N) is 1. The first-order valence-corrected chi connectivity index (χ1v) is 5.83. The zero-order chi connectivity index (χ0) is 13.2. The summed E-state index contributed by atoms with van der Waals surface area (Å²) < 4.78 is 0. The number of fused-ring (bicyclic) bond motifs is 1. The number of nitrogens with zero attached hydrogens (tertiary/aromatic N) is 1. The summed E-state index contributed by atoms with van der Waals surface area (Å²) in [6.45, 7) is 0. The molecule has 5 N–H and O–H groups in total. The van der Waals surface area contributed by atoms with Gasteiger partial charge in [-0.15, -0.1) is 0 Å². The molecule has 19 heavy (non-hydrogen) atoms. The number of nitrogen functional groups attached to an aromatic ring is 2. The normalized spacial score (nSPS) is 10.1. The van der Waals surface area contributed by atoms with Crippen LogP contribution in [0.15, 0.2) is 42.6 Å². The lowest BCUT2D eigenvalue weighted by molar-refractivity contribution is 1.12. The molecular formula is C15H12N4. The van der Waals surface area contributed by atoms with Gasteiger partial charge in [0.1, 0.15) is 0 Å². The van der Waals surface area contributed by atoms with Gasteiger partial charge in [0.2, 0.25) is 0 Å². The fourth-order valence-corrected chi connectivity index (χ4v) is 1.85. The second kappa shape index (κ2) is 4.39. The maximum absolute atomic E-state index is 5.88. The monoisotopic (exact) mass is 248 g/mol. The maximum Gasteiger partial charge on any atom is 0.0706 e. The van der Waals surface area contributed by atoms with Gasteiger partial charge in [-0.3, -0.25) is 5.10 Å². The Bertz CT molecular complexity index is 806. The van der Waals surface area contributed by atoms with Crippen molar-refractivity contribution in [2.75, 3.05) is 11.5 Å². The average molecular weight is 248 g/mol. The lowest BCUT2D eigenvalue weighted by atomic mass is 10.1. The second-order valence-corrected chi connectivity index (χ2v) is 4.23. The molecule has 0 aliphatic rings. The highest BCUT2D eigenvalue weighted by atomic mass is 15.1. The van der Waals surface area contributed by atoms with Crippen molar-refractivity contribution in [1.29, 1.82) is 0 Å². The van der Waals surface area contributed by atoms with Crippen LogP contribution in [0, 0.1) is 11.8 Å². The number of H-pyrrole nitrogens is 1. The summed E-state index contributed by atoms with van der Waals surface area (Å²) in [5, 5.41) is 7.96. The van der Waals surface area contributed by atoms with Gasteiger partial charge in [-0.25, -0.2) is 0 Å². The summed E-state index contributed by atoms with van der Waals surface area (Å²) in [7, 11) is 0. The number of hydrogen-bond donors (Lipinski definition) is 3. The van der Waals surface area contributed by atoms with Crippen molar-refractivity contribution in [3.8, 4) is 11.8 Å². The largest absolute Gasteiger partial charge is 0.397 e. The van der Waals surface area contributed by atoms with E-state index < -0.39 is 0 Å². The van der Waals surface area contributed by atoms with Gasteiger partial charge in [0, 0.05) is 16.5 Å². The standard InChI is InChI=1S/C15H12N4/c16-13-3-1-2-11(15(13)17)6-4-10-5-7-12-9-18-19-14(12)8-10/h1-3,5,7-9H,16-17H2,(H,18,19). The molecule has 92 valence electrons. The van der Waals surface area contributed by atoms with Crippen LogP contribution in [0.4, 0.5) is 11.4 Å². The van der Waals surface area contributed by atoms with Gasteiger partial charge in [-0.2, -0.15) is 5.10 Å². The molecule has 4 heteroatoms. The number of hydrogen-bond acceptors (Lipinski definition) is 3. The molecule has 2 aromatic carbocycles. The minimum atomic E-state index is 0.526. The van der Waals surface area contributed by atoms with E-state index in [9.17, 15) is 0 Å². The molecule has 0 unspecified atom stereocenters. The van der Waals surface area contributed by atoms with Crippen LogP contribution >= 0.6 is 0 Å². The van der Waals surface area contributed by atoms with Crippen molar-refractivity contribution >= 4 is 22.3 Å². The van der Waals surface area contributed by atoms with E-state index in [2.05, 4.69) is 22.0 Å². The van der Waals surface area contributed by atoms with Crippen molar-refractivity contribution < 1.29 is 0 Å². The summed E-state index contributed by atoms with van der Waals surface area (Å²) >= 11 is 0. The summed E-state index contributed by atoms with van der Waals surface area (Å²) in [5.41, 5.74) is 15.3. The van der Waals surface area contributed by atoms with E-state index in [1.54, 1.807) is 12.3 Å². The van der Waals surface area contributed by atoms with E-state index in [0.29, 0.717) is 11.4 Å². The number of benzene rings is 2. The molecule has 0 bridgehead atoms. The van der Waals surface area contributed by atoms with Crippen LogP contribution in [0.2, 0.25) is 0 Å². The van der Waals surface area contributed by atoms with E-state index in [1.807, 2.05) is 30.3 Å². The van der Waals surface area contributed by atoms with Gasteiger partial charge >= 0.3 is 0 Å². The number of aromatic nitrogens is 2. The Labute approximate surface area is 110 Å². The van der Waals surface area contributed by atoms with Crippen LogP contribution in [0.3, 0.4) is 0 Å². The first-order chi connectivity index (χ1) is 9.24. The SMILES string of the molecule is Nc1cccc(C#Cc2ccc3cn[nH]c3c2)c1N. The molecule has 1 heterocycles. The third-order valence-corrected chi connectivity index (χ3v) is 2.92. The van der Waals surface area contributed by atoms with E-state index in [4.69, 9.17) is 11.5 Å². The Balaban J connectivity index is 2.01. The molecule has 4 nitrogen and oxygen atoms in total. The lowest BCUT2D eigenvalue weighted by Crippen LogP contribution is -1.96. The molecule has 0 saturated carbocycles. The molecular weight excluding hydrogens is 236 g/mol. The quantitative estimate of drug-likeness (QED) is 0.421. The van der Waals surface area contributed by atoms with Crippen molar-refractivity contribution in [2.24, 2.45) is 0 Å². The first kappa shape index (κ1) is 11.2. The van der Waals surface area contributed by atoms with Gasteiger partial charge in [-0.05, 0) is 30.3 Å². The molecule has 0 spiro atoms. The number of anilines is 2. The van der Waals surface area contributed by atoms with Crippen LogP contribution in [0.5, 0.6) is 0 Å². The summed E-state index contributed by atoms with van der Waals surface area (Å²) in [5.74, 6) is 6.12. The summed E-state index contributed by atoms with van der Waals surface area (Å²) in [6.07, 6.45) is 1.78. The van der Waals surface area contributed by atoms with E-state index >= 15 is 0 Å². The third-order valence-electron chi connectivity index (χ3n) is 2.92. The summed E-state index contributed by atoms with van der Waals surface area (Å²) in [4.78, 5) is 0. The van der Waals surface area contributed by atoms with E-state index in [-0.39, 0.29) is 0 Å². The molecule has 0 aliphatic carbocycles. The van der Waals surface area contributed by atoms with E-state index in [0.717, 1.165) is 22.0 Å². The number of nitrogens with two attached hydrogens (primary N) is 2. The van der Waals surface area contributed by atoms with E-state index in [1.165, 1.54) is 0 Å². The van der Waals surface area contributed by atoms with Crippen molar-refractivity contribution in [3.05, 3.63) is 53.7 Å². The van der Waals surface area contributed by atoms with Gasteiger partial charge in [0.25, 0.3) is 0 Å². The predicted molar refractivity (Wildman–Crippen MR) is 77.3 cm³/mol. The fourth-order valence-electron chi connectivity index (χ4n) is 1.85. The Hall–Kier alpha value is -2.93. The number of para-hydroxylation sites is 1. The highest BCUT2D eigenvalue weighted by molar-refractivity contribution is 5.79. The van der Waals surface area contributed by atoms with Gasteiger partial charge in [-0.1, -0.05) is 17.9 Å². The molecule has 0 atom stereocenters. The van der Waals surface area contributed by atoms with Gasteiger partial charge in [0.05, 0.1) is 23.1 Å². The van der Waals surface area contributed by atoms with Crippen molar-refractivity contribution in [2.45, 2.75) is 0 Å². The highest BCUT2D eigenvalue weighted by Crippen LogP contribution is 2.18. The van der Waals surface area contributed by atoms with Crippen molar-refractivity contribution in [1.82, 2.24) is 10.2 Å². The lowest BCUT2D eigenvalue weighted by Gasteiger charge is -2.00. The number of rotatable bonds is 0. The molecule has 3 rings (SSSR count). The minimum Gasteiger partial charge on any atom is -0.397 e. The first-order valence-electron chi connectivity index (χ1n) is 5.83. The molecule has 0 aliphatic heterocycles.